The molecule has 6 heteroatoms. The first kappa shape index (κ1) is 21.3. The van der Waals surface area contributed by atoms with Gasteiger partial charge in [0.1, 0.15) is 23.2 Å². The minimum atomic E-state index is -0.642. The molecule has 3 nitrogen and oxygen atoms in total. The average Bonchev–Trinajstić information content (AvgIpc) is 3.11. The van der Waals surface area contributed by atoms with Gasteiger partial charge in [0, 0.05) is 37.5 Å². The van der Waals surface area contributed by atoms with E-state index < -0.39 is 11.6 Å². The summed E-state index contributed by atoms with van der Waals surface area (Å²) >= 11 is 0. The van der Waals surface area contributed by atoms with Crippen LogP contribution < -0.4 is 0 Å². The van der Waals surface area contributed by atoms with Crippen LogP contribution in [0.5, 0.6) is 0 Å². The normalized spacial score (nSPS) is 21.6. The van der Waals surface area contributed by atoms with Gasteiger partial charge < -0.3 is 9.72 Å². The summed E-state index contributed by atoms with van der Waals surface area (Å²) in [4.78, 5) is 15.7. The van der Waals surface area contributed by atoms with Gasteiger partial charge in [-0.15, -0.1) is 0 Å². The van der Waals surface area contributed by atoms with Gasteiger partial charge in [-0.2, -0.15) is 0 Å². The molecule has 2 heterocycles. The number of ether oxygens (including phenoxy) is 1. The van der Waals surface area contributed by atoms with Crippen LogP contribution in [0.4, 0.5) is 13.2 Å². The molecule has 1 N–H and O–H groups in total. The van der Waals surface area contributed by atoms with Gasteiger partial charge in [0.05, 0.1) is 11.2 Å². The number of benzene rings is 2. The van der Waals surface area contributed by atoms with Gasteiger partial charge in [0.2, 0.25) is 0 Å². The van der Waals surface area contributed by atoms with Gasteiger partial charge in [0.15, 0.2) is 0 Å². The second-order valence-electron chi connectivity index (χ2n) is 9.27. The maximum Gasteiger partial charge on any atom is 0.150 e. The Kier molecular flexibility index (Phi) is 5.80. The molecule has 32 heavy (non-hydrogen) atoms. The van der Waals surface area contributed by atoms with Crippen LogP contribution in [0.2, 0.25) is 0 Å². The number of hydrogen-bond acceptors (Lipinski definition) is 2. The smallest absolute Gasteiger partial charge is 0.150 e. The predicted molar refractivity (Wildman–Crippen MR) is 117 cm³/mol. The molecule has 0 amide bonds. The molecule has 1 aromatic heterocycles. The fourth-order valence-corrected chi connectivity index (χ4v) is 5.32. The highest BCUT2D eigenvalue weighted by Gasteiger charge is 2.36. The number of nitrogens with one attached hydrogen (secondary N) is 1. The Bertz CT molecular complexity index is 1130. The van der Waals surface area contributed by atoms with Crippen LogP contribution >= 0.6 is 0 Å². The Morgan fingerprint density at radius 3 is 2.34 bits per heavy atom. The molecule has 0 bridgehead atoms. The first-order valence-corrected chi connectivity index (χ1v) is 11.3. The molecular weight excluding hydrogens is 415 g/mol. The number of Topliss-reactive ketones (excluding diaryl/α,β-unsaturated/α-hetero) is 1. The third-order valence-electron chi connectivity index (χ3n) is 7.01. The van der Waals surface area contributed by atoms with Crippen molar-refractivity contribution in [2.75, 3.05) is 13.2 Å². The van der Waals surface area contributed by atoms with Gasteiger partial charge >= 0.3 is 0 Å². The summed E-state index contributed by atoms with van der Waals surface area (Å²) in [6.45, 7) is 1.48. The summed E-state index contributed by atoms with van der Waals surface area (Å²) in [6.07, 6.45) is 4.69. The number of H-pyrrole nitrogens is 1. The number of hydrogen-bond donors (Lipinski definition) is 1. The fourth-order valence-electron chi connectivity index (χ4n) is 5.32. The van der Waals surface area contributed by atoms with Crippen LogP contribution in [0, 0.1) is 29.3 Å². The number of rotatable bonds is 6. The molecule has 5 rings (SSSR count). The third kappa shape index (κ3) is 4.20. The molecule has 0 atom stereocenters. The molecule has 0 spiro atoms. The molecule has 2 aromatic carbocycles. The highest BCUT2D eigenvalue weighted by atomic mass is 19.1. The van der Waals surface area contributed by atoms with Crippen molar-refractivity contribution >= 4 is 16.7 Å². The second kappa shape index (κ2) is 8.74. The van der Waals surface area contributed by atoms with Crippen molar-refractivity contribution in [2.24, 2.45) is 11.8 Å². The highest BCUT2D eigenvalue weighted by molar-refractivity contribution is 5.92. The Balaban J connectivity index is 1.36. The Hall–Kier alpha value is -2.60. The summed E-state index contributed by atoms with van der Waals surface area (Å²) in [5, 5.41) is 0.527. The van der Waals surface area contributed by atoms with E-state index in [0.717, 1.165) is 56.1 Å². The molecule has 2 aliphatic rings. The van der Waals surface area contributed by atoms with Gasteiger partial charge in [0.25, 0.3) is 0 Å². The number of aromatic amines is 1. The molecule has 1 aliphatic heterocycles. The van der Waals surface area contributed by atoms with Crippen molar-refractivity contribution in [2.45, 2.75) is 44.4 Å². The van der Waals surface area contributed by atoms with Gasteiger partial charge in [-0.1, -0.05) is 0 Å². The highest BCUT2D eigenvalue weighted by Crippen LogP contribution is 2.49. The average molecular weight is 441 g/mol. The maximum absolute atomic E-state index is 14.5. The number of carbonyl (C=O) groups is 1. The molecule has 0 radical (unpaired) electrons. The molecule has 1 saturated carbocycles. The van der Waals surface area contributed by atoms with Crippen molar-refractivity contribution in [1.29, 1.82) is 0 Å². The minimum Gasteiger partial charge on any atom is -0.381 e. The first-order chi connectivity index (χ1) is 15.5. The Morgan fingerprint density at radius 1 is 0.938 bits per heavy atom. The number of halogens is 3. The lowest BCUT2D eigenvalue weighted by molar-refractivity contribution is -0.122. The molecule has 168 valence electrons. The molecule has 1 saturated heterocycles. The third-order valence-corrected chi connectivity index (χ3v) is 7.01. The summed E-state index contributed by atoms with van der Waals surface area (Å²) in [6, 6.07) is 8.24. The van der Waals surface area contributed by atoms with E-state index in [1.807, 2.05) is 0 Å². The van der Waals surface area contributed by atoms with E-state index in [4.69, 9.17) is 4.74 Å². The summed E-state index contributed by atoms with van der Waals surface area (Å²) < 4.78 is 47.3. The van der Waals surface area contributed by atoms with Crippen LogP contribution in [-0.4, -0.2) is 24.0 Å². The molecule has 3 aromatic rings. The van der Waals surface area contributed by atoms with E-state index in [1.54, 1.807) is 12.1 Å². The van der Waals surface area contributed by atoms with E-state index in [-0.39, 0.29) is 23.2 Å². The van der Waals surface area contributed by atoms with Crippen molar-refractivity contribution in [3.05, 3.63) is 59.4 Å². The van der Waals surface area contributed by atoms with Crippen LogP contribution in [0.3, 0.4) is 0 Å². The second-order valence-corrected chi connectivity index (χ2v) is 9.27. The zero-order chi connectivity index (χ0) is 22.2. The standard InChI is InChI=1S/C26H26F3NO2/c27-19-3-1-17(2-4-19)25-24(22-13-20(28)14-23(29)26(22)30-25)18-9-16(10-18)12-21(31)11-15-5-7-32-8-6-15/h1-4,13-16,18,30H,5-12H2. The van der Waals surface area contributed by atoms with E-state index in [2.05, 4.69) is 4.98 Å². The van der Waals surface area contributed by atoms with Crippen LogP contribution in [0.25, 0.3) is 22.2 Å². The summed E-state index contributed by atoms with van der Waals surface area (Å²) in [7, 11) is 0. The van der Waals surface area contributed by atoms with Crippen LogP contribution in [0.1, 0.15) is 50.0 Å². The van der Waals surface area contributed by atoms with Crippen molar-refractivity contribution < 1.29 is 22.7 Å². The number of fused-ring (bicyclic) bond motifs is 1. The van der Waals surface area contributed by atoms with Gasteiger partial charge in [-0.05, 0) is 84.9 Å². The van der Waals surface area contributed by atoms with Crippen molar-refractivity contribution in [3.8, 4) is 11.3 Å². The lowest BCUT2D eigenvalue weighted by Gasteiger charge is -2.36. The van der Waals surface area contributed by atoms with Gasteiger partial charge in [-0.3, -0.25) is 4.79 Å². The van der Waals surface area contributed by atoms with E-state index in [1.165, 1.54) is 18.2 Å². The lowest BCUT2D eigenvalue weighted by Crippen LogP contribution is -2.26. The number of aromatic nitrogens is 1. The lowest BCUT2D eigenvalue weighted by atomic mass is 9.68. The fraction of sp³-hybridized carbons (Fsp3) is 0.423. The van der Waals surface area contributed by atoms with E-state index >= 15 is 0 Å². The first-order valence-electron chi connectivity index (χ1n) is 11.3. The van der Waals surface area contributed by atoms with Crippen LogP contribution in [0.15, 0.2) is 36.4 Å². The quantitative estimate of drug-likeness (QED) is 0.473. The molecular formula is C26H26F3NO2. The van der Waals surface area contributed by atoms with E-state index in [0.29, 0.717) is 35.6 Å². The monoisotopic (exact) mass is 441 g/mol. The Morgan fingerprint density at radius 2 is 1.62 bits per heavy atom. The van der Waals surface area contributed by atoms with E-state index in [9.17, 15) is 18.0 Å². The molecule has 1 aliphatic carbocycles. The molecule has 0 unspecified atom stereocenters. The number of carbonyl (C=O) groups excluding carboxylic acids is 1. The maximum atomic E-state index is 14.5. The van der Waals surface area contributed by atoms with Crippen molar-refractivity contribution in [1.82, 2.24) is 4.98 Å². The minimum absolute atomic E-state index is 0.103. The number of ketones is 1. The molecule has 2 fully saturated rings. The largest absolute Gasteiger partial charge is 0.381 e. The zero-order valence-electron chi connectivity index (χ0n) is 17.8. The zero-order valence-corrected chi connectivity index (χ0v) is 17.8. The Labute approximate surface area is 185 Å². The van der Waals surface area contributed by atoms with Gasteiger partial charge in [-0.25, -0.2) is 13.2 Å². The predicted octanol–water partition coefficient (Wildman–Crippen LogP) is 6.52. The van der Waals surface area contributed by atoms with Crippen LogP contribution in [-0.2, 0) is 9.53 Å². The summed E-state index contributed by atoms with van der Waals surface area (Å²) in [5.74, 6) is -0.495. The van der Waals surface area contributed by atoms with Crippen molar-refractivity contribution in [3.63, 3.8) is 0 Å². The SMILES string of the molecule is O=C(CC1CCOCC1)CC1CC(c2c(-c3ccc(F)cc3)[nH]c3c(F)cc(F)cc23)C1. The topological polar surface area (TPSA) is 42.1 Å². The summed E-state index contributed by atoms with van der Waals surface area (Å²) in [5.41, 5.74) is 2.55.